The van der Waals surface area contributed by atoms with Crippen LogP contribution in [0.3, 0.4) is 0 Å². The third-order valence-electron chi connectivity index (χ3n) is 3.87. The van der Waals surface area contributed by atoms with Gasteiger partial charge in [-0.15, -0.1) is 0 Å². The van der Waals surface area contributed by atoms with Crippen molar-refractivity contribution < 1.29 is 14.6 Å². The molecule has 1 atom stereocenters. The summed E-state index contributed by atoms with van der Waals surface area (Å²) in [5.74, 6) is -0.464. The zero-order valence-corrected chi connectivity index (χ0v) is 15.0. The molecule has 1 unspecified atom stereocenters. The second-order valence-electron chi connectivity index (χ2n) is 5.92. The number of halogens is 1. The van der Waals surface area contributed by atoms with E-state index in [-0.39, 0.29) is 29.6 Å². The molecule has 0 saturated carbocycles. The van der Waals surface area contributed by atoms with Crippen LogP contribution >= 0.6 is 11.6 Å². The fraction of sp³-hybridized carbons (Fsp3) is 0.143. The number of allylic oxidation sites excluding steroid dienone is 1. The number of fused-ring (bicyclic) bond motifs is 1. The Balaban J connectivity index is 0.00000261. The number of rotatable bonds is 6. The number of aromatic nitrogens is 1. The number of carboxylic acid groups (broad SMARTS) is 1. The van der Waals surface area contributed by atoms with E-state index in [0.717, 1.165) is 22.2 Å². The Bertz CT molecular complexity index is 975. The summed E-state index contributed by atoms with van der Waals surface area (Å²) in [6, 6.07) is 17.0. The van der Waals surface area contributed by atoms with Gasteiger partial charge in [0, 0.05) is 22.5 Å². The molecule has 0 amide bonds. The Morgan fingerprint density at radius 2 is 2.00 bits per heavy atom. The first-order valence-corrected chi connectivity index (χ1v) is 8.60. The van der Waals surface area contributed by atoms with Crippen molar-refractivity contribution in [3.05, 3.63) is 77.0 Å². The van der Waals surface area contributed by atoms with Crippen molar-refractivity contribution in [2.24, 2.45) is 0 Å². The van der Waals surface area contributed by atoms with Crippen LogP contribution in [0.1, 0.15) is 18.2 Å². The summed E-state index contributed by atoms with van der Waals surface area (Å²) in [7, 11) is 0. The molecule has 1 N–H and O–H groups in total. The Morgan fingerprint density at radius 3 is 2.78 bits per heavy atom. The van der Waals surface area contributed by atoms with Crippen LogP contribution in [0.25, 0.3) is 17.0 Å². The minimum atomic E-state index is -0.992. The predicted octanol–water partition coefficient (Wildman–Crippen LogP) is 4.35. The summed E-state index contributed by atoms with van der Waals surface area (Å²) in [6.45, 7) is 1.50. The normalized spacial score (nSPS) is 11.9. The fourth-order valence-corrected chi connectivity index (χ4v) is 2.67. The van der Waals surface area contributed by atoms with Gasteiger partial charge in [0.1, 0.15) is 5.75 Å². The molecule has 6 heteroatoms. The van der Waals surface area contributed by atoms with Gasteiger partial charge in [-0.2, -0.15) is 0 Å². The van der Waals surface area contributed by atoms with Gasteiger partial charge in [0.15, 0.2) is 6.10 Å². The standard InChI is InChI=1S/C21H18ClNO3.Na.H/c1-14(21(24)25)26-19-7-3-5-15(12-19)4-2-6-18-11-9-16-8-10-17(22)13-20(16)23-18;;/h2-5,7-14H,6H2,1H3,(H,24,25);;/b4-2+;;. The molecular weight excluding hydrogens is 373 g/mol. The molecule has 0 aliphatic carbocycles. The molecule has 0 spiro atoms. The maximum atomic E-state index is 10.9. The molecule has 2 aromatic carbocycles. The number of nitrogens with zero attached hydrogens (tertiary/aromatic N) is 1. The van der Waals surface area contributed by atoms with Gasteiger partial charge in [-0.25, -0.2) is 4.79 Å². The number of carbonyl (C=O) groups is 1. The summed E-state index contributed by atoms with van der Waals surface area (Å²) in [4.78, 5) is 15.5. The number of carboxylic acids is 1. The van der Waals surface area contributed by atoms with Gasteiger partial charge in [-0.1, -0.05) is 48.0 Å². The minimum absolute atomic E-state index is 0. The Kier molecular flexibility index (Phi) is 7.87. The van der Waals surface area contributed by atoms with E-state index in [1.165, 1.54) is 6.92 Å². The summed E-state index contributed by atoms with van der Waals surface area (Å²) >= 11 is 6.02. The average Bonchev–Trinajstić information content (AvgIpc) is 2.61. The van der Waals surface area contributed by atoms with Crippen LogP contribution < -0.4 is 4.74 Å². The van der Waals surface area contributed by atoms with Crippen molar-refractivity contribution in [3.8, 4) is 5.75 Å². The zero-order valence-electron chi connectivity index (χ0n) is 14.2. The van der Waals surface area contributed by atoms with E-state index in [2.05, 4.69) is 4.98 Å². The summed E-state index contributed by atoms with van der Waals surface area (Å²) < 4.78 is 5.38. The molecule has 0 fully saturated rings. The van der Waals surface area contributed by atoms with E-state index in [1.54, 1.807) is 6.07 Å². The van der Waals surface area contributed by atoms with Gasteiger partial charge >= 0.3 is 35.5 Å². The molecule has 3 rings (SSSR count). The van der Waals surface area contributed by atoms with Crippen LogP contribution in [0.4, 0.5) is 0 Å². The third-order valence-corrected chi connectivity index (χ3v) is 4.10. The van der Waals surface area contributed by atoms with Crippen molar-refractivity contribution in [2.75, 3.05) is 0 Å². The summed E-state index contributed by atoms with van der Waals surface area (Å²) in [6.07, 6.45) is 3.77. The van der Waals surface area contributed by atoms with Gasteiger partial charge in [0.05, 0.1) is 5.52 Å². The van der Waals surface area contributed by atoms with E-state index >= 15 is 0 Å². The first-order valence-electron chi connectivity index (χ1n) is 8.22. The second-order valence-corrected chi connectivity index (χ2v) is 6.35. The van der Waals surface area contributed by atoms with Crippen molar-refractivity contribution in [1.82, 2.24) is 4.98 Å². The molecule has 0 aliphatic heterocycles. The topological polar surface area (TPSA) is 59.4 Å². The molecule has 1 heterocycles. The van der Waals surface area contributed by atoms with Gasteiger partial charge in [0.25, 0.3) is 0 Å². The van der Waals surface area contributed by atoms with Crippen molar-refractivity contribution in [3.63, 3.8) is 0 Å². The molecule has 0 aliphatic rings. The molecule has 4 nitrogen and oxygen atoms in total. The molecule has 3 aromatic rings. The zero-order chi connectivity index (χ0) is 18.5. The van der Waals surface area contributed by atoms with Gasteiger partial charge < -0.3 is 9.84 Å². The molecule has 0 saturated heterocycles. The van der Waals surface area contributed by atoms with Crippen molar-refractivity contribution in [1.29, 1.82) is 0 Å². The number of hydrogen-bond acceptors (Lipinski definition) is 3. The van der Waals surface area contributed by atoms with Crippen LogP contribution in [0, 0.1) is 0 Å². The monoisotopic (exact) mass is 391 g/mol. The number of ether oxygens (including phenoxy) is 1. The molecule has 0 bridgehead atoms. The van der Waals surface area contributed by atoms with E-state index in [4.69, 9.17) is 21.4 Å². The summed E-state index contributed by atoms with van der Waals surface area (Å²) in [5, 5.41) is 10.6. The quantitative estimate of drug-likeness (QED) is 0.635. The summed E-state index contributed by atoms with van der Waals surface area (Å²) in [5.41, 5.74) is 2.76. The van der Waals surface area contributed by atoms with Crippen LogP contribution in [0.15, 0.2) is 60.7 Å². The molecule has 27 heavy (non-hydrogen) atoms. The SMILES string of the molecule is CC(Oc1cccc(/C=C/Cc2ccc3ccc(Cl)cc3n2)c1)C(=O)O.[NaH]. The van der Waals surface area contributed by atoms with Crippen LogP contribution in [0.2, 0.25) is 5.02 Å². The molecule has 1 aromatic heterocycles. The average molecular weight is 392 g/mol. The van der Waals surface area contributed by atoms with Gasteiger partial charge in [0.2, 0.25) is 0 Å². The van der Waals surface area contributed by atoms with Crippen LogP contribution in [0.5, 0.6) is 5.75 Å². The molecule has 0 radical (unpaired) electrons. The molecular formula is C21H19ClNNaO3. The van der Waals surface area contributed by atoms with Gasteiger partial charge in [-0.05, 0) is 42.8 Å². The Morgan fingerprint density at radius 1 is 1.22 bits per heavy atom. The third kappa shape index (κ3) is 6.08. The fourth-order valence-electron chi connectivity index (χ4n) is 2.51. The van der Waals surface area contributed by atoms with Crippen LogP contribution in [-0.2, 0) is 11.2 Å². The van der Waals surface area contributed by atoms with E-state index in [1.807, 2.05) is 60.7 Å². The maximum absolute atomic E-state index is 10.9. The second kappa shape index (κ2) is 9.90. The number of pyridine rings is 1. The van der Waals surface area contributed by atoms with E-state index in [0.29, 0.717) is 17.2 Å². The van der Waals surface area contributed by atoms with E-state index in [9.17, 15) is 4.79 Å². The van der Waals surface area contributed by atoms with E-state index < -0.39 is 12.1 Å². The first kappa shape index (κ1) is 21.5. The number of aliphatic carboxylic acids is 1. The molecule has 134 valence electrons. The van der Waals surface area contributed by atoms with Crippen LogP contribution in [-0.4, -0.2) is 51.7 Å². The Hall–Kier alpha value is -1.85. The van der Waals surface area contributed by atoms with Gasteiger partial charge in [-0.3, -0.25) is 4.98 Å². The number of hydrogen-bond donors (Lipinski definition) is 1. The van der Waals surface area contributed by atoms with Crippen molar-refractivity contribution in [2.45, 2.75) is 19.4 Å². The first-order chi connectivity index (χ1) is 12.5. The predicted molar refractivity (Wildman–Crippen MR) is 111 cm³/mol. The van der Waals surface area contributed by atoms with Crippen molar-refractivity contribution >= 4 is 64.1 Å². The number of benzene rings is 2. The Labute approximate surface area is 185 Å².